The maximum absolute atomic E-state index is 13.2. The van der Waals surface area contributed by atoms with Crippen LogP contribution < -0.4 is 0 Å². The van der Waals surface area contributed by atoms with E-state index in [4.69, 9.17) is 11.6 Å². The van der Waals surface area contributed by atoms with Gasteiger partial charge in [0, 0.05) is 16.9 Å². The Morgan fingerprint density at radius 3 is 2.85 bits per heavy atom. The van der Waals surface area contributed by atoms with Crippen molar-refractivity contribution in [2.24, 2.45) is 0 Å². The van der Waals surface area contributed by atoms with Gasteiger partial charge in [0.15, 0.2) is 5.78 Å². The summed E-state index contributed by atoms with van der Waals surface area (Å²) in [4.78, 5) is 11.4. The molecule has 4 heteroatoms. The van der Waals surface area contributed by atoms with Gasteiger partial charge in [0.1, 0.15) is 5.82 Å². The molecule has 0 aromatic heterocycles. The van der Waals surface area contributed by atoms with Gasteiger partial charge >= 0.3 is 0 Å². The van der Waals surface area contributed by atoms with Gasteiger partial charge in [0.2, 0.25) is 0 Å². The molecule has 1 aliphatic heterocycles. The lowest BCUT2D eigenvalue weighted by Crippen LogP contribution is -2.13. The van der Waals surface area contributed by atoms with Gasteiger partial charge in [-0.2, -0.15) is 0 Å². The van der Waals surface area contributed by atoms with E-state index in [-0.39, 0.29) is 11.6 Å². The Morgan fingerprint density at radius 2 is 2.15 bits per heavy atom. The fourth-order valence-electron chi connectivity index (χ4n) is 1.35. The van der Waals surface area contributed by atoms with Gasteiger partial charge in [-0.25, -0.2) is 4.39 Å². The highest BCUT2D eigenvalue weighted by molar-refractivity contribution is 7.99. The molecule has 0 unspecified atom stereocenters. The molecule has 1 aromatic carbocycles. The smallest absolute Gasteiger partial charge is 0.174 e. The third kappa shape index (κ3) is 1.46. The predicted octanol–water partition coefficient (Wildman–Crippen LogP) is 2.91. The zero-order chi connectivity index (χ0) is 9.42. The number of carbonyl (C=O) groups excluding carboxylic acids is 1. The molecule has 0 N–H and O–H groups in total. The Kier molecular flexibility index (Phi) is 2.30. The van der Waals surface area contributed by atoms with Gasteiger partial charge in [0.05, 0.1) is 10.8 Å². The molecule has 13 heavy (non-hydrogen) atoms. The van der Waals surface area contributed by atoms with Gasteiger partial charge < -0.3 is 0 Å². The number of thioether (sulfide) groups is 1. The largest absolute Gasteiger partial charge is 0.293 e. The molecule has 2 rings (SSSR count). The van der Waals surface area contributed by atoms with E-state index < -0.39 is 0 Å². The molecule has 0 spiro atoms. The first-order valence-electron chi connectivity index (χ1n) is 3.78. The normalized spacial score (nSPS) is 15.7. The van der Waals surface area contributed by atoms with Crippen molar-refractivity contribution in [3.63, 3.8) is 0 Å². The van der Waals surface area contributed by atoms with E-state index in [1.165, 1.54) is 23.9 Å². The summed E-state index contributed by atoms with van der Waals surface area (Å²) in [6.45, 7) is 0. The molecule has 68 valence electrons. The molecule has 0 fully saturated rings. The fraction of sp³-hybridized carbons (Fsp3) is 0.222. The van der Waals surface area contributed by atoms with Crippen LogP contribution in [0.25, 0.3) is 0 Å². The second kappa shape index (κ2) is 3.31. The number of hydrogen-bond donors (Lipinski definition) is 0. The number of Topliss-reactive ketones (excluding diaryl/α,β-unsaturated/α-hetero) is 1. The number of hydrogen-bond acceptors (Lipinski definition) is 2. The van der Waals surface area contributed by atoms with Crippen LogP contribution in [0.15, 0.2) is 12.1 Å². The Labute approximate surface area is 84.3 Å². The van der Waals surface area contributed by atoms with Crippen molar-refractivity contribution in [1.29, 1.82) is 0 Å². The summed E-state index contributed by atoms with van der Waals surface area (Å²) >= 11 is 7.23. The molecule has 0 saturated heterocycles. The molecule has 0 bridgehead atoms. The van der Waals surface area contributed by atoms with Crippen molar-refractivity contribution in [1.82, 2.24) is 0 Å². The lowest BCUT2D eigenvalue weighted by molar-refractivity contribution is 0.102. The van der Waals surface area contributed by atoms with Crippen molar-refractivity contribution >= 4 is 29.1 Å². The summed E-state index contributed by atoms with van der Waals surface area (Å²) in [6.07, 6.45) is 0. The van der Waals surface area contributed by atoms with Crippen molar-refractivity contribution in [3.8, 4) is 0 Å². The highest BCUT2D eigenvalue weighted by Crippen LogP contribution is 2.31. The number of benzene rings is 1. The van der Waals surface area contributed by atoms with Crippen LogP contribution in [0, 0.1) is 5.82 Å². The molecule has 0 radical (unpaired) electrons. The maximum atomic E-state index is 13.2. The average molecular weight is 217 g/mol. The third-order valence-electron chi connectivity index (χ3n) is 1.96. The predicted molar refractivity (Wildman–Crippen MR) is 51.9 cm³/mol. The van der Waals surface area contributed by atoms with Crippen LogP contribution in [0.4, 0.5) is 4.39 Å². The van der Waals surface area contributed by atoms with E-state index in [0.717, 1.165) is 0 Å². The molecule has 0 aliphatic carbocycles. The van der Waals surface area contributed by atoms with Crippen molar-refractivity contribution < 1.29 is 9.18 Å². The number of ketones is 1. The Hall–Kier alpha value is -0.540. The molecule has 1 nitrogen and oxygen atoms in total. The van der Waals surface area contributed by atoms with E-state index in [9.17, 15) is 9.18 Å². The minimum absolute atomic E-state index is 0.0734. The zero-order valence-electron chi connectivity index (χ0n) is 6.64. The summed E-state index contributed by atoms with van der Waals surface area (Å²) in [5, 5.41) is 0.363. The minimum atomic E-state index is -0.333. The quantitative estimate of drug-likeness (QED) is 0.663. The number of carbonyl (C=O) groups is 1. The second-order valence-corrected chi connectivity index (χ2v) is 4.19. The van der Waals surface area contributed by atoms with Gasteiger partial charge in [0.25, 0.3) is 0 Å². The number of rotatable bonds is 0. The van der Waals surface area contributed by atoms with E-state index in [0.29, 0.717) is 27.7 Å². The molecule has 1 aliphatic rings. The van der Waals surface area contributed by atoms with Gasteiger partial charge in [-0.1, -0.05) is 11.6 Å². The third-order valence-corrected chi connectivity index (χ3v) is 3.24. The lowest BCUT2D eigenvalue weighted by Gasteiger charge is -2.15. The molecule has 0 saturated carbocycles. The number of fused-ring (bicyclic) bond motifs is 1. The molecule has 0 atom stereocenters. The van der Waals surface area contributed by atoms with E-state index in [2.05, 4.69) is 0 Å². The Morgan fingerprint density at radius 1 is 1.38 bits per heavy atom. The van der Waals surface area contributed by atoms with Gasteiger partial charge in [-0.15, -0.1) is 11.8 Å². The lowest BCUT2D eigenvalue weighted by atomic mass is 10.0. The monoisotopic (exact) mass is 216 g/mol. The van der Waals surface area contributed by atoms with Crippen molar-refractivity contribution in [2.45, 2.75) is 5.75 Å². The highest BCUT2D eigenvalue weighted by atomic mass is 35.5. The summed E-state index contributed by atoms with van der Waals surface area (Å²) in [5.41, 5.74) is 0.828. The first-order chi connectivity index (χ1) is 6.20. The average Bonchev–Trinajstić information content (AvgIpc) is 2.12. The standard InChI is InChI=1S/C9H6ClFOS/c10-6-1-2-7(11)5-3-13-4-8(12)9(5)6/h1-2H,3-4H2. The SMILES string of the molecule is O=C1CSCc2c(F)ccc(Cl)c21. The fourth-order valence-corrected chi connectivity index (χ4v) is 2.55. The first-order valence-corrected chi connectivity index (χ1v) is 5.31. The minimum Gasteiger partial charge on any atom is -0.293 e. The van der Waals surface area contributed by atoms with Crippen LogP contribution in [-0.2, 0) is 5.75 Å². The summed E-state index contributed by atoms with van der Waals surface area (Å²) in [6, 6.07) is 2.74. The Bertz CT molecular complexity index is 378. The molecular weight excluding hydrogens is 211 g/mol. The van der Waals surface area contributed by atoms with Crippen LogP contribution in [0.5, 0.6) is 0 Å². The van der Waals surface area contributed by atoms with Crippen molar-refractivity contribution in [2.75, 3.05) is 5.75 Å². The van der Waals surface area contributed by atoms with Gasteiger partial charge in [-0.3, -0.25) is 4.79 Å². The van der Waals surface area contributed by atoms with Crippen LogP contribution >= 0.6 is 23.4 Å². The van der Waals surface area contributed by atoms with Crippen LogP contribution in [0.3, 0.4) is 0 Å². The molecular formula is C9H6ClFOS. The second-order valence-electron chi connectivity index (χ2n) is 2.80. The zero-order valence-corrected chi connectivity index (χ0v) is 8.21. The van der Waals surface area contributed by atoms with Crippen LogP contribution in [-0.4, -0.2) is 11.5 Å². The molecule has 1 aromatic rings. The van der Waals surface area contributed by atoms with Crippen LogP contribution in [0.2, 0.25) is 5.02 Å². The van der Waals surface area contributed by atoms with Gasteiger partial charge in [-0.05, 0) is 12.1 Å². The number of halogens is 2. The summed E-state index contributed by atoms with van der Waals surface area (Å²) in [7, 11) is 0. The summed E-state index contributed by atoms with van der Waals surface area (Å²) in [5.74, 6) is 0.527. The Balaban J connectivity index is 2.67. The topological polar surface area (TPSA) is 17.1 Å². The van der Waals surface area contributed by atoms with E-state index >= 15 is 0 Å². The van der Waals surface area contributed by atoms with Crippen molar-refractivity contribution in [3.05, 3.63) is 34.1 Å². The summed E-state index contributed by atoms with van der Waals surface area (Å²) < 4.78 is 13.2. The molecule has 0 amide bonds. The van der Waals surface area contributed by atoms with E-state index in [1.807, 2.05) is 0 Å². The molecule has 1 heterocycles. The van der Waals surface area contributed by atoms with Crippen LogP contribution in [0.1, 0.15) is 15.9 Å². The first kappa shape index (κ1) is 9.03. The van der Waals surface area contributed by atoms with E-state index in [1.54, 1.807) is 0 Å². The highest BCUT2D eigenvalue weighted by Gasteiger charge is 2.23. The maximum Gasteiger partial charge on any atom is 0.174 e.